The summed E-state index contributed by atoms with van der Waals surface area (Å²) >= 11 is 0. The van der Waals surface area contributed by atoms with Crippen molar-refractivity contribution in [2.24, 2.45) is 11.7 Å². The van der Waals surface area contributed by atoms with Crippen LogP contribution in [0.3, 0.4) is 0 Å². The quantitative estimate of drug-likeness (QED) is 0.870. The van der Waals surface area contributed by atoms with Gasteiger partial charge < -0.3 is 5.73 Å². The normalized spacial score (nSPS) is 22.3. The Balaban J connectivity index is 2.06. The minimum atomic E-state index is -0.171. The molecule has 2 atom stereocenters. The van der Waals surface area contributed by atoms with E-state index in [-0.39, 0.29) is 11.9 Å². The second kappa shape index (κ2) is 6.30. The van der Waals surface area contributed by atoms with Crippen LogP contribution >= 0.6 is 0 Å². The molecule has 1 fully saturated rings. The predicted molar refractivity (Wildman–Crippen MR) is 72.8 cm³/mol. The monoisotopic (exact) mass is 250 g/mol. The predicted octanol–water partition coefficient (Wildman–Crippen LogP) is 2.95. The third-order valence-corrected chi connectivity index (χ3v) is 3.91. The highest BCUT2D eigenvalue weighted by Gasteiger charge is 2.27. The number of nitrogens with two attached hydrogens (primary N) is 1. The van der Waals surface area contributed by atoms with Gasteiger partial charge in [0, 0.05) is 19.1 Å². The first-order chi connectivity index (χ1) is 8.74. The molecule has 100 valence electrons. The number of likely N-dealkylation sites (tertiary alicyclic amines) is 1. The highest BCUT2D eigenvalue weighted by atomic mass is 19.1. The maximum atomic E-state index is 13.3. The van der Waals surface area contributed by atoms with Crippen LogP contribution in [0.4, 0.5) is 4.39 Å². The van der Waals surface area contributed by atoms with Gasteiger partial charge in [0.2, 0.25) is 0 Å². The van der Waals surface area contributed by atoms with Crippen molar-refractivity contribution < 1.29 is 4.39 Å². The van der Waals surface area contributed by atoms with Gasteiger partial charge >= 0.3 is 0 Å². The second-order valence-corrected chi connectivity index (χ2v) is 5.24. The molecule has 1 aromatic carbocycles. The average Bonchev–Trinajstić information content (AvgIpc) is 2.79. The van der Waals surface area contributed by atoms with Crippen molar-refractivity contribution in [3.8, 4) is 0 Å². The van der Waals surface area contributed by atoms with Crippen LogP contribution in [0.5, 0.6) is 0 Å². The Morgan fingerprint density at radius 1 is 1.50 bits per heavy atom. The Morgan fingerprint density at radius 2 is 2.33 bits per heavy atom. The molecule has 0 spiro atoms. The van der Waals surface area contributed by atoms with E-state index in [9.17, 15) is 4.39 Å². The van der Waals surface area contributed by atoms with Crippen LogP contribution in [0.2, 0.25) is 0 Å². The van der Waals surface area contributed by atoms with E-state index in [1.807, 2.05) is 6.07 Å². The van der Waals surface area contributed by atoms with Crippen LogP contribution in [-0.4, -0.2) is 24.5 Å². The summed E-state index contributed by atoms with van der Waals surface area (Å²) in [6.45, 7) is 4.98. The SMILES string of the molecule is CCCC1CCN(C(CN)c2cccc(F)c2)C1. The van der Waals surface area contributed by atoms with Gasteiger partial charge in [-0.3, -0.25) is 4.90 Å². The topological polar surface area (TPSA) is 29.3 Å². The molecular weight excluding hydrogens is 227 g/mol. The summed E-state index contributed by atoms with van der Waals surface area (Å²) in [7, 11) is 0. The Bertz CT molecular complexity index is 381. The second-order valence-electron chi connectivity index (χ2n) is 5.24. The molecule has 0 radical (unpaired) electrons. The van der Waals surface area contributed by atoms with E-state index < -0.39 is 0 Å². The zero-order valence-electron chi connectivity index (χ0n) is 11.1. The molecule has 0 aliphatic carbocycles. The van der Waals surface area contributed by atoms with Gasteiger partial charge in [-0.2, -0.15) is 0 Å². The van der Waals surface area contributed by atoms with Gasteiger partial charge in [0.15, 0.2) is 0 Å². The van der Waals surface area contributed by atoms with Crippen LogP contribution in [0.15, 0.2) is 24.3 Å². The number of hydrogen-bond acceptors (Lipinski definition) is 2. The van der Waals surface area contributed by atoms with Crippen molar-refractivity contribution in [3.63, 3.8) is 0 Å². The Kier molecular flexibility index (Phi) is 4.72. The van der Waals surface area contributed by atoms with Gasteiger partial charge in [-0.05, 0) is 43.0 Å². The smallest absolute Gasteiger partial charge is 0.123 e. The summed E-state index contributed by atoms with van der Waals surface area (Å²) in [6, 6.07) is 7.02. The molecule has 2 unspecified atom stereocenters. The molecule has 0 saturated carbocycles. The molecule has 2 rings (SSSR count). The Labute approximate surface area is 109 Å². The average molecular weight is 250 g/mol. The standard InChI is InChI=1S/C15H23FN2/c1-2-4-12-7-8-18(11-12)15(10-17)13-5-3-6-14(16)9-13/h3,5-6,9,12,15H,2,4,7-8,10-11,17H2,1H3. The first kappa shape index (κ1) is 13.5. The molecule has 3 heteroatoms. The van der Waals surface area contributed by atoms with Gasteiger partial charge in [-0.25, -0.2) is 4.39 Å². The molecule has 1 aliphatic heterocycles. The van der Waals surface area contributed by atoms with E-state index in [0.717, 1.165) is 24.6 Å². The van der Waals surface area contributed by atoms with E-state index >= 15 is 0 Å². The van der Waals surface area contributed by atoms with Crippen LogP contribution in [0.1, 0.15) is 37.8 Å². The van der Waals surface area contributed by atoms with Crippen LogP contribution in [0.25, 0.3) is 0 Å². The van der Waals surface area contributed by atoms with Crippen molar-refractivity contribution in [1.82, 2.24) is 4.90 Å². The number of nitrogens with zero attached hydrogens (tertiary/aromatic N) is 1. The highest BCUT2D eigenvalue weighted by Crippen LogP contribution is 2.29. The van der Waals surface area contributed by atoms with E-state index in [1.54, 1.807) is 12.1 Å². The summed E-state index contributed by atoms with van der Waals surface area (Å²) in [5.74, 6) is 0.618. The fourth-order valence-electron chi connectivity index (χ4n) is 3.00. The van der Waals surface area contributed by atoms with Crippen molar-refractivity contribution in [1.29, 1.82) is 0 Å². The summed E-state index contributed by atoms with van der Waals surface area (Å²) in [6.07, 6.45) is 3.78. The van der Waals surface area contributed by atoms with Crippen LogP contribution in [-0.2, 0) is 0 Å². The number of hydrogen-bond donors (Lipinski definition) is 1. The number of benzene rings is 1. The molecular formula is C15H23FN2. The van der Waals surface area contributed by atoms with E-state index in [0.29, 0.717) is 6.54 Å². The fraction of sp³-hybridized carbons (Fsp3) is 0.600. The molecule has 0 bridgehead atoms. The van der Waals surface area contributed by atoms with Gasteiger partial charge in [0.1, 0.15) is 5.82 Å². The molecule has 1 aliphatic rings. The molecule has 2 N–H and O–H groups in total. The maximum Gasteiger partial charge on any atom is 0.123 e. The van der Waals surface area contributed by atoms with E-state index in [2.05, 4.69) is 11.8 Å². The van der Waals surface area contributed by atoms with Crippen molar-refractivity contribution in [2.75, 3.05) is 19.6 Å². The zero-order valence-corrected chi connectivity index (χ0v) is 11.1. The Hall–Kier alpha value is -0.930. The van der Waals surface area contributed by atoms with Crippen LogP contribution in [0, 0.1) is 11.7 Å². The lowest BCUT2D eigenvalue weighted by Crippen LogP contribution is -2.32. The number of rotatable bonds is 5. The zero-order chi connectivity index (χ0) is 13.0. The summed E-state index contributed by atoms with van der Waals surface area (Å²) in [5.41, 5.74) is 6.90. The van der Waals surface area contributed by atoms with E-state index in [4.69, 9.17) is 5.73 Å². The molecule has 1 saturated heterocycles. The third-order valence-electron chi connectivity index (χ3n) is 3.91. The first-order valence-electron chi connectivity index (χ1n) is 6.94. The Morgan fingerprint density at radius 3 is 3.00 bits per heavy atom. The fourth-order valence-corrected chi connectivity index (χ4v) is 3.00. The van der Waals surface area contributed by atoms with Crippen molar-refractivity contribution >= 4 is 0 Å². The lowest BCUT2D eigenvalue weighted by Gasteiger charge is -2.27. The van der Waals surface area contributed by atoms with Crippen molar-refractivity contribution in [2.45, 2.75) is 32.2 Å². The van der Waals surface area contributed by atoms with Gasteiger partial charge in [-0.15, -0.1) is 0 Å². The maximum absolute atomic E-state index is 13.3. The molecule has 1 heterocycles. The summed E-state index contributed by atoms with van der Waals surface area (Å²) in [4.78, 5) is 2.41. The van der Waals surface area contributed by atoms with Gasteiger partial charge in [-0.1, -0.05) is 25.5 Å². The molecule has 1 aromatic rings. The van der Waals surface area contributed by atoms with Crippen molar-refractivity contribution in [3.05, 3.63) is 35.6 Å². The lowest BCUT2D eigenvalue weighted by atomic mass is 10.0. The molecule has 18 heavy (non-hydrogen) atoms. The molecule has 2 nitrogen and oxygen atoms in total. The van der Waals surface area contributed by atoms with E-state index in [1.165, 1.54) is 25.3 Å². The van der Waals surface area contributed by atoms with Gasteiger partial charge in [0.25, 0.3) is 0 Å². The molecule has 0 amide bonds. The van der Waals surface area contributed by atoms with Gasteiger partial charge in [0.05, 0.1) is 0 Å². The minimum absolute atomic E-state index is 0.169. The highest BCUT2D eigenvalue weighted by molar-refractivity contribution is 5.21. The summed E-state index contributed by atoms with van der Waals surface area (Å²) in [5, 5.41) is 0. The minimum Gasteiger partial charge on any atom is -0.329 e. The molecule has 0 aromatic heterocycles. The lowest BCUT2D eigenvalue weighted by molar-refractivity contribution is 0.239. The largest absolute Gasteiger partial charge is 0.329 e. The third kappa shape index (κ3) is 3.09. The number of halogens is 1. The van der Waals surface area contributed by atoms with Crippen LogP contribution < -0.4 is 5.73 Å². The summed E-state index contributed by atoms with van der Waals surface area (Å²) < 4.78 is 13.3. The first-order valence-corrected chi connectivity index (χ1v) is 6.94.